The summed E-state index contributed by atoms with van der Waals surface area (Å²) in [4.78, 5) is 9.06. The molecule has 0 spiro atoms. The molecule has 1 aromatic heterocycles. The zero-order chi connectivity index (χ0) is 10.8. The Balaban J connectivity index is 2.39. The Morgan fingerprint density at radius 3 is 3.20 bits per heavy atom. The summed E-state index contributed by atoms with van der Waals surface area (Å²) in [5, 5.41) is 0.874. The largest absolute Gasteiger partial charge is 0.303 e. The summed E-state index contributed by atoms with van der Waals surface area (Å²) in [7, 11) is -1.07. The van der Waals surface area contributed by atoms with Gasteiger partial charge in [0.25, 0.3) is 0 Å². The van der Waals surface area contributed by atoms with E-state index in [1.165, 1.54) is 11.9 Å². The summed E-state index contributed by atoms with van der Waals surface area (Å²) in [6, 6.07) is 1.66. The number of amidine groups is 1. The molecule has 0 amide bonds. The number of halogens is 1. The smallest absolute Gasteiger partial charge is 0.203 e. The molecule has 15 heavy (non-hydrogen) atoms. The summed E-state index contributed by atoms with van der Waals surface area (Å²) < 4.78 is 14.4. The van der Waals surface area contributed by atoms with Gasteiger partial charge >= 0.3 is 0 Å². The fourth-order valence-corrected chi connectivity index (χ4v) is 2.72. The highest BCUT2D eigenvalue weighted by atomic mass is 35.5. The lowest BCUT2D eigenvalue weighted by Crippen LogP contribution is -2.24. The number of aliphatic imine (C=N–C) groups is 1. The van der Waals surface area contributed by atoms with Gasteiger partial charge in [-0.25, -0.2) is 9.98 Å². The average molecular weight is 262 g/mol. The van der Waals surface area contributed by atoms with Crippen molar-refractivity contribution in [2.45, 2.75) is 11.8 Å². The highest BCUT2D eigenvalue weighted by molar-refractivity contribution is 8.05. The molecule has 1 N–H and O–H groups in total. The van der Waals surface area contributed by atoms with Crippen LogP contribution in [0.25, 0.3) is 0 Å². The fraction of sp³-hybridized carbons (Fsp3) is 0.250. The van der Waals surface area contributed by atoms with Crippen LogP contribution < -0.4 is 4.72 Å². The number of nitrogens with zero attached hydrogens (tertiary/aromatic N) is 2. The van der Waals surface area contributed by atoms with Crippen molar-refractivity contribution in [2.24, 2.45) is 4.99 Å². The van der Waals surface area contributed by atoms with E-state index < -0.39 is 10.8 Å². The number of rotatable bonds is 1. The topological polar surface area (TPSA) is 54.4 Å². The van der Waals surface area contributed by atoms with Gasteiger partial charge in [-0.15, -0.1) is 0 Å². The molecule has 1 aliphatic rings. The Morgan fingerprint density at radius 1 is 1.67 bits per heavy atom. The molecule has 80 valence electrons. The van der Waals surface area contributed by atoms with Crippen LogP contribution in [-0.4, -0.2) is 20.1 Å². The molecule has 2 heterocycles. The summed E-state index contributed by atoms with van der Waals surface area (Å²) in [5.74, 6) is 0.542. The number of aromatic nitrogens is 1. The average Bonchev–Trinajstić information content (AvgIpc) is 2.27. The first-order valence-corrected chi connectivity index (χ1v) is 6.77. The van der Waals surface area contributed by atoms with Gasteiger partial charge in [0.1, 0.15) is 5.15 Å². The maximum absolute atomic E-state index is 11.5. The van der Waals surface area contributed by atoms with Crippen molar-refractivity contribution in [3.05, 3.63) is 17.4 Å². The second-order valence-corrected chi connectivity index (χ2v) is 5.62. The second kappa shape index (κ2) is 4.51. The number of hydrogen-bond acceptors (Lipinski definition) is 5. The maximum atomic E-state index is 11.5. The zero-order valence-electron chi connectivity index (χ0n) is 7.86. The standard InChI is InChI=1S/C8H8ClN3OS2/c1-2-15(13)8-11-5-3-7(9)10-4-6(5)14-12-8/h3-4H,2H2,1H3,(H,11,12). The van der Waals surface area contributed by atoms with Gasteiger partial charge in [0.05, 0.1) is 21.4 Å². The van der Waals surface area contributed by atoms with E-state index in [9.17, 15) is 4.21 Å². The van der Waals surface area contributed by atoms with Crippen LogP contribution in [0.1, 0.15) is 6.92 Å². The van der Waals surface area contributed by atoms with Gasteiger partial charge in [0, 0.05) is 18.0 Å². The quantitative estimate of drug-likeness (QED) is 0.621. The van der Waals surface area contributed by atoms with Crippen LogP contribution in [0.15, 0.2) is 22.2 Å². The minimum atomic E-state index is -1.07. The molecule has 2 rings (SSSR count). The van der Waals surface area contributed by atoms with Crippen molar-refractivity contribution in [1.29, 1.82) is 0 Å². The van der Waals surface area contributed by atoms with Gasteiger partial charge in [0.2, 0.25) is 5.17 Å². The molecule has 0 radical (unpaired) electrons. The van der Waals surface area contributed by atoms with Crippen LogP contribution in [0.5, 0.6) is 0 Å². The third kappa shape index (κ3) is 2.32. The predicted molar refractivity (Wildman–Crippen MR) is 64.0 cm³/mol. The van der Waals surface area contributed by atoms with Gasteiger partial charge in [-0.1, -0.05) is 18.5 Å². The molecular weight excluding hydrogens is 254 g/mol. The van der Waals surface area contributed by atoms with E-state index in [-0.39, 0.29) is 0 Å². The molecular formula is C8H8ClN3OS2. The molecule has 0 saturated heterocycles. The van der Waals surface area contributed by atoms with Crippen LogP contribution in [0, 0.1) is 0 Å². The highest BCUT2D eigenvalue weighted by Crippen LogP contribution is 2.32. The third-order valence-corrected chi connectivity index (χ3v) is 4.08. The Kier molecular flexibility index (Phi) is 3.28. The zero-order valence-corrected chi connectivity index (χ0v) is 10.2. The summed E-state index contributed by atoms with van der Waals surface area (Å²) in [6.45, 7) is 1.85. The third-order valence-electron chi connectivity index (χ3n) is 1.76. The van der Waals surface area contributed by atoms with Gasteiger partial charge in [0.15, 0.2) is 0 Å². The first kappa shape index (κ1) is 10.9. The van der Waals surface area contributed by atoms with E-state index in [0.717, 1.165) is 10.6 Å². The van der Waals surface area contributed by atoms with Crippen molar-refractivity contribution in [2.75, 3.05) is 5.75 Å². The minimum absolute atomic E-state index is 0.390. The van der Waals surface area contributed by atoms with Crippen LogP contribution in [0.4, 0.5) is 5.69 Å². The van der Waals surface area contributed by atoms with E-state index >= 15 is 0 Å². The summed E-state index contributed by atoms with van der Waals surface area (Å²) in [6.07, 6.45) is 1.64. The van der Waals surface area contributed by atoms with Crippen LogP contribution >= 0.6 is 23.5 Å². The van der Waals surface area contributed by atoms with Crippen LogP contribution in [0.2, 0.25) is 5.15 Å². The van der Waals surface area contributed by atoms with Crippen molar-refractivity contribution in [3.63, 3.8) is 0 Å². The SMILES string of the molecule is CCS(=O)C1=Nc2cc(Cl)ncc2SN1. The summed E-state index contributed by atoms with van der Waals surface area (Å²) >= 11 is 7.11. The van der Waals surface area contributed by atoms with Gasteiger partial charge in [-0.2, -0.15) is 0 Å². The highest BCUT2D eigenvalue weighted by Gasteiger charge is 2.16. The molecule has 0 saturated carbocycles. The molecule has 1 atom stereocenters. The number of hydrogen-bond donors (Lipinski definition) is 1. The second-order valence-electron chi connectivity index (χ2n) is 2.73. The summed E-state index contributed by atoms with van der Waals surface area (Å²) in [5.41, 5.74) is 0.718. The first-order valence-electron chi connectivity index (χ1n) is 4.26. The molecule has 4 nitrogen and oxygen atoms in total. The van der Waals surface area contributed by atoms with E-state index in [4.69, 9.17) is 11.6 Å². The molecule has 0 fully saturated rings. The molecule has 1 aromatic rings. The van der Waals surface area contributed by atoms with E-state index in [1.54, 1.807) is 12.3 Å². The molecule has 0 aromatic carbocycles. The Hall–Kier alpha value is -0.590. The number of nitrogens with one attached hydrogen (secondary N) is 1. The van der Waals surface area contributed by atoms with E-state index in [2.05, 4.69) is 14.7 Å². The van der Waals surface area contributed by atoms with Gasteiger partial charge in [-0.05, 0) is 11.9 Å². The van der Waals surface area contributed by atoms with Crippen molar-refractivity contribution in [3.8, 4) is 0 Å². The first-order chi connectivity index (χ1) is 7.20. The van der Waals surface area contributed by atoms with Gasteiger partial charge in [-0.3, -0.25) is 4.21 Å². The Morgan fingerprint density at radius 2 is 2.47 bits per heavy atom. The lowest BCUT2D eigenvalue weighted by Gasteiger charge is -2.14. The normalized spacial score (nSPS) is 16.3. The van der Waals surface area contributed by atoms with E-state index in [1.807, 2.05) is 6.92 Å². The maximum Gasteiger partial charge on any atom is 0.203 e. The van der Waals surface area contributed by atoms with Crippen molar-refractivity contribution >= 4 is 45.2 Å². The number of pyridine rings is 1. The monoisotopic (exact) mass is 261 g/mol. The molecule has 1 unspecified atom stereocenters. The molecule has 1 aliphatic heterocycles. The van der Waals surface area contributed by atoms with Gasteiger partial charge < -0.3 is 4.72 Å². The van der Waals surface area contributed by atoms with Crippen LogP contribution in [-0.2, 0) is 10.8 Å². The van der Waals surface area contributed by atoms with Crippen molar-refractivity contribution < 1.29 is 4.21 Å². The lowest BCUT2D eigenvalue weighted by molar-refractivity contribution is 0.690. The fourth-order valence-electron chi connectivity index (χ4n) is 1.04. The molecule has 0 aliphatic carbocycles. The molecule has 0 bridgehead atoms. The minimum Gasteiger partial charge on any atom is -0.303 e. The Bertz CT molecular complexity index is 450. The lowest BCUT2D eigenvalue weighted by atomic mass is 10.4. The number of fused-ring (bicyclic) bond motifs is 1. The Labute approximate surface area is 99.1 Å². The van der Waals surface area contributed by atoms with Crippen LogP contribution in [0.3, 0.4) is 0 Å². The predicted octanol–water partition coefficient (Wildman–Crippen LogP) is 2.10. The van der Waals surface area contributed by atoms with E-state index in [0.29, 0.717) is 16.1 Å². The van der Waals surface area contributed by atoms with Crippen molar-refractivity contribution in [1.82, 2.24) is 9.71 Å². The molecule has 7 heteroatoms.